The number of methoxy groups -OCH3 is 1. The zero-order valence-electron chi connectivity index (χ0n) is 15.6. The second-order valence-electron chi connectivity index (χ2n) is 8.05. The van der Waals surface area contributed by atoms with Crippen LogP contribution in [0.1, 0.15) is 39.2 Å². The van der Waals surface area contributed by atoms with Gasteiger partial charge in [-0.1, -0.05) is 32.9 Å². The molecule has 0 heterocycles. The van der Waals surface area contributed by atoms with Gasteiger partial charge in [-0.05, 0) is 42.4 Å². The van der Waals surface area contributed by atoms with Gasteiger partial charge in [0, 0.05) is 13.1 Å². The first kappa shape index (κ1) is 19.3. The van der Waals surface area contributed by atoms with Crippen LogP contribution < -0.4 is 4.74 Å². The van der Waals surface area contributed by atoms with Gasteiger partial charge < -0.3 is 14.7 Å². The molecule has 0 aliphatic heterocycles. The summed E-state index contributed by atoms with van der Waals surface area (Å²) in [5, 5.41) is 9.24. The highest BCUT2D eigenvalue weighted by Crippen LogP contribution is 2.36. The Bertz CT molecular complexity index is 603. The second-order valence-corrected chi connectivity index (χ2v) is 8.05. The molecule has 138 valence electrons. The zero-order valence-corrected chi connectivity index (χ0v) is 15.6. The first-order valence-corrected chi connectivity index (χ1v) is 8.86. The molecule has 1 aromatic rings. The molecule has 25 heavy (non-hydrogen) atoms. The maximum Gasteiger partial charge on any atom is 0.307 e. The summed E-state index contributed by atoms with van der Waals surface area (Å²) < 4.78 is 5.17. The van der Waals surface area contributed by atoms with E-state index in [9.17, 15) is 14.7 Å². The van der Waals surface area contributed by atoms with Gasteiger partial charge in [-0.15, -0.1) is 0 Å². The normalized spacial score (nSPS) is 19.8. The van der Waals surface area contributed by atoms with Gasteiger partial charge in [0.25, 0.3) is 0 Å². The van der Waals surface area contributed by atoms with Crippen LogP contribution in [0, 0.1) is 17.3 Å². The SMILES string of the molecule is COc1ccc(CCN(CC(C)(C)C)C(=O)C2CCC2C(=O)O)cc1. The number of benzene rings is 1. The summed E-state index contributed by atoms with van der Waals surface area (Å²) >= 11 is 0. The summed E-state index contributed by atoms with van der Waals surface area (Å²) in [5.74, 6) is -0.936. The van der Waals surface area contributed by atoms with Crippen molar-refractivity contribution in [2.75, 3.05) is 20.2 Å². The Labute approximate surface area is 150 Å². The van der Waals surface area contributed by atoms with Crippen LogP contribution in [-0.2, 0) is 16.0 Å². The van der Waals surface area contributed by atoms with Crippen LogP contribution in [0.25, 0.3) is 0 Å². The van der Waals surface area contributed by atoms with E-state index >= 15 is 0 Å². The number of rotatable bonds is 7. The number of carbonyl (C=O) groups is 2. The van der Waals surface area contributed by atoms with Gasteiger partial charge in [0.2, 0.25) is 5.91 Å². The average molecular weight is 347 g/mol. The molecule has 0 radical (unpaired) electrons. The Hall–Kier alpha value is -2.04. The summed E-state index contributed by atoms with van der Waals surface area (Å²) in [7, 11) is 1.64. The van der Waals surface area contributed by atoms with E-state index in [0.29, 0.717) is 25.9 Å². The molecule has 2 unspecified atom stereocenters. The van der Waals surface area contributed by atoms with Crippen molar-refractivity contribution in [1.82, 2.24) is 4.90 Å². The lowest BCUT2D eigenvalue weighted by molar-refractivity contribution is -0.157. The predicted octanol–water partition coefficient (Wildman–Crippen LogP) is 3.22. The molecule has 0 aromatic heterocycles. The van der Waals surface area contributed by atoms with E-state index in [1.807, 2.05) is 29.2 Å². The highest BCUT2D eigenvalue weighted by molar-refractivity contribution is 5.86. The number of nitrogens with zero attached hydrogens (tertiary/aromatic N) is 1. The smallest absolute Gasteiger partial charge is 0.307 e. The van der Waals surface area contributed by atoms with Crippen molar-refractivity contribution in [1.29, 1.82) is 0 Å². The fraction of sp³-hybridized carbons (Fsp3) is 0.600. The first-order valence-electron chi connectivity index (χ1n) is 8.86. The Kier molecular flexibility index (Phi) is 6.09. The lowest BCUT2D eigenvalue weighted by atomic mass is 9.72. The minimum absolute atomic E-state index is 0.0120. The first-order chi connectivity index (χ1) is 11.7. The number of carbonyl (C=O) groups excluding carboxylic acids is 1. The third-order valence-electron chi connectivity index (χ3n) is 4.72. The average Bonchev–Trinajstić information content (AvgIpc) is 2.49. The Morgan fingerprint density at radius 1 is 1.16 bits per heavy atom. The summed E-state index contributed by atoms with van der Waals surface area (Å²) in [6.45, 7) is 7.51. The quantitative estimate of drug-likeness (QED) is 0.822. The lowest BCUT2D eigenvalue weighted by Crippen LogP contribution is -2.48. The van der Waals surface area contributed by atoms with E-state index in [4.69, 9.17) is 4.74 Å². The van der Waals surface area contributed by atoms with Crippen LogP contribution in [0.5, 0.6) is 5.75 Å². The number of carboxylic acid groups (broad SMARTS) is 1. The minimum atomic E-state index is -0.851. The molecule has 1 aliphatic rings. The van der Waals surface area contributed by atoms with Crippen LogP contribution in [0.2, 0.25) is 0 Å². The van der Waals surface area contributed by atoms with Gasteiger partial charge in [0.05, 0.1) is 18.9 Å². The fourth-order valence-electron chi connectivity index (χ4n) is 3.22. The fourth-order valence-corrected chi connectivity index (χ4v) is 3.22. The van der Waals surface area contributed by atoms with E-state index in [-0.39, 0.29) is 17.2 Å². The molecule has 1 saturated carbocycles. The molecule has 1 aromatic carbocycles. The molecule has 2 rings (SSSR count). The second kappa shape index (κ2) is 7.89. The third kappa shape index (κ3) is 5.21. The number of hydrogen-bond donors (Lipinski definition) is 1. The van der Waals surface area contributed by atoms with Gasteiger partial charge in [-0.2, -0.15) is 0 Å². The van der Waals surface area contributed by atoms with Crippen molar-refractivity contribution in [2.45, 2.75) is 40.0 Å². The van der Waals surface area contributed by atoms with Crippen molar-refractivity contribution in [2.24, 2.45) is 17.3 Å². The molecular weight excluding hydrogens is 318 g/mol. The predicted molar refractivity (Wildman–Crippen MR) is 96.6 cm³/mol. The van der Waals surface area contributed by atoms with Crippen molar-refractivity contribution in [3.8, 4) is 5.75 Å². The van der Waals surface area contributed by atoms with Gasteiger partial charge >= 0.3 is 5.97 Å². The number of carboxylic acids is 1. The number of aliphatic carboxylic acids is 1. The molecule has 1 N–H and O–H groups in total. The molecule has 0 saturated heterocycles. The van der Waals surface area contributed by atoms with Crippen molar-refractivity contribution in [3.63, 3.8) is 0 Å². The van der Waals surface area contributed by atoms with Crippen molar-refractivity contribution < 1.29 is 19.4 Å². The van der Waals surface area contributed by atoms with Gasteiger partial charge in [-0.3, -0.25) is 9.59 Å². The molecule has 1 amide bonds. The maximum absolute atomic E-state index is 12.9. The summed E-state index contributed by atoms with van der Waals surface area (Å²) in [4.78, 5) is 26.0. The standard InChI is InChI=1S/C20H29NO4/c1-20(2,3)13-21(18(22)16-9-10-17(16)19(23)24)12-11-14-5-7-15(25-4)8-6-14/h5-8,16-17H,9-13H2,1-4H3,(H,23,24). The van der Waals surface area contributed by atoms with Crippen LogP contribution in [0.15, 0.2) is 24.3 Å². The van der Waals surface area contributed by atoms with E-state index < -0.39 is 11.9 Å². The van der Waals surface area contributed by atoms with Gasteiger partial charge in [0.1, 0.15) is 5.75 Å². The molecule has 5 nitrogen and oxygen atoms in total. The summed E-state index contributed by atoms with van der Waals surface area (Å²) in [6, 6.07) is 7.83. The monoisotopic (exact) mass is 347 g/mol. The van der Waals surface area contributed by atoms with Crippen LogP contribution in [-0.4, -0.2) is 42.1 Å². The van der Waals surface area contributed by atoms with Crippen LogP contribution >= 0.6 is 0 Å². The molecule has 5 heteroatoms. The highest BCUT2D eigenvalue weighted by Gasteiger charge is 2.43. The van der Waals surface area contributed by atoms with Crippen molar-refractivity contribution in [3.05, 3.63) is 29.8 Å². The number of amides is 1. The Balaban J connectivity index is 2.04. The maximum atomic E-state index is 12.9. The summed E-state index contributed by atoms with van der Waals surface area (Å²) in [5.41, 5.74) is 1.11. The third-order valence-corrected chi connectivity index (χ3v) is 4.72. The van der Waals surface area contributed by atoms with Gasteiger partial charge in [0.15, 0.2) is 0 Å². The van der Waals surface area contributed by atoms with E-state index in [1.165, 1.54) is 0 Å². The Morgan fingerprint density at radius 3 is 2.20 bits per heavy atom. The van der Waals surface area contributed by atoms with E-state index in [2.05, 4.69) is 20.8 Å². The van der Waals surface area contributed by atoms with Crippen LogP contribution in [0.3, 0.4) is 0 Å². The Morgan fingerprint density at radius 2 is 1.76 bits per heavy atom. The van der Waals surface area contributed by atoms with Gasteiger partial charge in [-0.25, -0.2) is 0 Å². The summed E-state index contributed by atoms with van der Waals surface area (Å²) in [6.07, 6.45) is 2.03. The van der Waals surface area contributed by atoms with E-state index in [0.717, 1.165) is 17.7 Å². The molecule has 1 aliphatic carbocycles. The van der Waals surface area contributed by atoms with Crippen molar-refractivity contribution >= 4 is 11.9 Å². The molecule has 0 spiro atoms. The topological polar surface area (TPSA) is 66.8 Å². The largest absolute Gasteiger partial charge is 0.497 e. The highest BCUT2D eigenvalue weighted by atomic mass is 16.5. The molecule has 1 fully saturated rings. The van der Waals surface area contributed by atoms with Crippen LogP contribution in [0.4, 0.5) is 0 Å². The zero-order chi connectivity index (χ0) is 18.6. The molecular formula is C20H29NO4. The minimum Gasteiger partial charge on any atom is -0.497 e. The lowest BCUT2D eigenvalue weighted by Gasteiger charge is -2.38. The number of ether oxygens (including phenoxy) is 1. The molecule has 0 bridgehead atoms. The molecule has 2 atom stereocenters. The van der Waals surface area contributed by atoms with E-state index in [1.54, 1.807) is 7.11 Å². The number of hydrogen-bond acceptors (Lipinski definition) is 3.